The summed E-state index contributed by atoms with van der Waals surface area (Å²) in [6.07, 6.45) is -1.77. The van der Waals surface area contributed by atoms with Crippen LogP contribution in [0.25, 0.3) is 11.0 Å². The Morgan fingerprint density at radius 2 is 2.18 bits per heavy atom. The number of nitrogen functional groups attached to an aromatic ring is 2. The zero-order valence-corrected chi connectivity index (χ0v) is 11.9. The normalized spacial score (nSPS) is 24.4. The zero-order chi connectivity index (χ0) is 15.9. The summed E-state index contributed by atoms with van der Waals surface area (Å²) in [6, 6.07) is 0. The molecule has 3 rings (SSSR count). The minimum atomic E-state index is -0.786. The highest BCUT2D eigenvalue weighted by Crippen LogP contribution is 2.32. The first-order chi connectivity index (χ1) is 10.5. The van der Waals surface area contributed by atoms with Crippen LogP contribution in [0.2, 0.25) is 0 Å². The fourth-order valence-electron chi connectivity index (χ4n) is 2.52. The standard InChI is InChI=1S/C13H16N6O3/c1-2-3-6-10-11(14)16-13(15)17-12(10)19(18-6)9-4-7(21)8(5-20)22-9/h7-9,20-21H,4-5H2,1H3,(H4,14,15,16,17)/t7-,8+,9+/m0/s1. The minimum Gasteiger partial charge on any atom is -0.394 e. The van der Waals surface area contributed by atoms with Crippen molar-refractivity contribution in [3.05, 3.63) is 5.69 Å². The monoisotopic (exact) mass is 304 g/mol. The van der Waals surface area contributed by atoms with Gasteiger partial charge in [-0.15, -0.1) is 0 Å². The molecule has 116 valence electrons. The fourth-order valence-corrected chi connectivity index (χ4v) is 2.52. The van der Waals surface area contributed by atoms with Gasteiger partial charge in [-0.05, 0) is 12.8 Å². The molecule has 3 atom stereocenters. The molecule has 9 nitrogen and oxygen atoms in total. The van der Waals surface area contributed by atoms with Gasteiger partial charge < -0.3 is 26.4 Å². The first kappa shape index (κ1) is 14.5. The summed E-state index contributed by atoms with van der Waals surface area (Å²) < 4.78 is 7.07. The third-order valence-corrected chi connectivity index (χ3v) is 3.50. The SMILES string of the molecule is CC#Cc1nn([C@H]2C[C@H](O)[C@@H](CO)O2)c2nc(N)nc(N)c12. The molecule has 0 saturated carbocycles. The van der Waals surface area contributed by atoms with Crippen LogP contribution in [0.15, 0.2) is 0 Å². The molecular formula is C13H16N6O3. The van der Waals surface area contributed by atoms with E-state index in [0.717, 1.165) is 0 Å². The van der Waals surface area contributed by atoms with Crippen molar-refractivity contribution in [3.8, 4) is 11.8 Å². The second-order valence-electron chi connectivity index (χ2n) is 4.95. The van der Waals surface area contributed by atoms with E-state index in [9.17, 15) is 10.2 Å². The summed E-state index contributed by atoms with van der Waals surface area (Å²) in [6.45, 7) is 1.40. The van der Waals surface area contributed by atoms with E-state index in [1.807, 2.05) is 0 Å². The van der Waals surface area contributed by atoms with Crippen molar-refractivity contribution in [2.75, 3.05) is 18.1 Å². The molecule has 1 fully saturated rings. The highest BCUT2D eigenvalue weighted by atomic mass is 16.5. The molecular weight excluding hydrogens is 288 g/mol. The average molecular weight is 304 g/mol. The van der Waals surface area contributed by atoms with Crippen molar-refractivity contribution in [2.45, 2.75) is 31.8 Å². The number of fused-ring (bicyclic) bond motifs is 1. The molecule has 2 aromatic heterocycles. The van der Waals surface area contributed by atoms with Gasteiger partial charge in [-0.2, -0.15) is 15.1 Å². The molecule has 0 spiro atoms. The van der Waals surface area contributed by atoms with Gasteiger partial charge in [-0.3, -0.25) is 0 Å². The van der Waals surface area contributed by atoms with Gasteiger partial charge in [0.25, 0.3) is 0 Å². The van der Waals surface area contributed by atoms with E-state index in [0.29, 0.717) is 16.7 Å². The smallest absolute Gasteiger partial charge is 0.224 e. The fraction of sp³-hybridized carbons (Fsp3) is 0.462. The average Bonchev–Trinajstić information content (AvgIpc) is 3.00. The Balaban J connectivity index is 2.15. The lowest BCUT2D eigenvalue weighted by molar-refractivity contribution is -0.0470. The van der Waals surface area contributed by atoms with Crippen molar-refractivity contribution in [2.24, 2.45) is 0 Å². The van der Waals surface area contributed by atoms with Crippen LogP contribution >= 0.6 is 0 Å². The number of aliphatic hydroxyl groups is 2. The number of rotatable bonds is 2. The Morgan fingerprint density at radius 3 is 2.82 bits per heavy atom. The van der Waals surface area contributed by atoms with Crippen molar-refractivity contribution in [1.82, 2.24) is 19.7 Å². The maximum Gasteiger partial charge on any atom is 0.224 e. The van der Waals surface area contributed by atoms with E-state index in [-0.39, 0.29) is 24.8 Å². The minimum absolute atomic E-state index is 0.0133. The lowest BCUT2D eigenvalue weighted by Crippen LogP contribution is -2.24. The van der Waals surface area contributed by atoms with Gasteiger partial charge in [-0.25, -0.2) is 4.68 Å². The third kappa shape index (κ3) is 2.23. The summed E-state index contributed by atoms with van der Waals surface area (Å²) in [4.78, 5) is 8.08. The quantitative estimate of drug-likeness (QED) is 0.517. The van der Waals surface area contributed by atoms with Gasteiger partial charge in [0.05, 0.1) is 18.1 Å². The van der Waals surface area contributed by atoms with E-state index in [1.165, 1.54) is 4.68 Å². The zero-order valence-electron chi connectivity index (χ0n) is 11.9. The molecule has 3 heterocycles. The molecule has 1 saturated heterocycles. The Hall–Kier alpha value is -2.41. The summed E-state index contributed by atoms with van der Waals surface area (Å²) in [7, 11) is 0. The van der Waals surface area contributed by atoms with E-state index in [1.54, 1.807) is 6.92 Å². The first-order valence-corrected chi connectivity index (χ1v) is 6.73. The van der Waals surface area contributed by atoms with Gasteiger partial charge >= 0.3 is 0 Å². The van der Waals surface area contributed by atoms with Crippen LogP contribution in [-0.4, -0.2) is 48.8 Å². The predicted octanol–water partition coefficient (Wildman–Crippen LogP) is -0.997. The van der Waals surface area contributed by atoms with Crippen LogP contribution in [0.1, 0.15) is 25.3 Å². The Bertz CT molecular complexity index is 777. The highest BCUT2D eigenvalue weighted by Gasteiger charge is 2.36. The van der Waals surface area contributed by atoms with E-state index in [4.69, 9.17) is 16.2 Å². The number of ether oxygens (including phenoxy) is 1. The number of hydrogen-bond acceptors (Lipinski definition) is 8. The van der Waals surface area contributed by atoms with Gasteiger partial charge in [0, 0.05) is 6.42 Å². The van der Waals surface area contributed by atoms with Crippen LogP contribution < -0.4 is 11.5 Å². The molecule has 0 amide bonds. The molecule has 0 radical (unpaired) electrons. The van der Waals surface area contributed by atoms with Crippen LogP contribution in [0.5, 0.6) is 0 Å². The molecule has 2 aromatic rings. The Morgan fingerprint density at radius 1 is 1.41 bits per heavy atom. The number of nitrogens with zero attached hydrogens (tertiary/aromatic N) is 4. The highest BCUT2D eigenvalue weighted by molar-refractivity contribution is 5.91. The van der Waals surface area contributed by atoms with E-state index >= 15 is 0 Å². The van der Waals surface area contributed by atoms with E-state index in [2.05, 4.69) is 26.9 Å². The molecule has 1 aliphatic heterocycles. The third-order valence-electron chi connectivity index (χ3n) is 3.50. The van der Waals surface area contributed by atoms with Crippen LogP contribution in [0, 0.1) is 11.8 Å². The molecule has 9 heteroatoms. The van der Waals surface area contributed by atoms with Crippen molar-refractivity contribution < 1.29 is 14.9 Å². The van der Waals surface area contributed by atoms with Crippen molar-refractivity contribution in [3.63, 3.8) is 0 Å². The van der Waals surface area contributed by atoms with Gasteiger partial charge in [0.15, 0.2) is 11.9 Å². The largest absolute Gasteiger partial charge is 0.394 e. The number of aliphatic hydroxyl groups excluding tert-OH is 2. The molecule has 0 unspecified atom stereocenters. The molecule has 0 aromatic carbocycles. The topological polar surface area (TPSA) is 145 Å². The lowest BCUT2D eigenvalue weighted by Gasteiger charge is -2.12. The molecule has 0 aliphatic carbocycles. The number of aromatic nitrogens is 4. The second-order valence-corrected chi connectivity index (χ2v) is 4.95. The summed E-state index contributed by atoms with van der Waals surface area (Å²) >= 11 is 0. The Kier molecular flexibility index (Phi) is 3.58. The molecule has 0 bridgehead atoms. The van der Waals surface area contributed by atoms with Gasteiger partial charge in [0.2, 0.25) is 5.95 Å². The maximum absolute atomic E-state index is 9.88. The Labute approximate surface area is 125 Å². The van der Waals surface area contributed by atoms with Crippen molar-refractivity contribution >= 4 is 22.8 Å². The van der Waals surface area contributed by atoms with Gasteiger partial charge in [-0.1, -0.05) is 5.92 Å². The second kappa shape index (κ2) is 5.42. The molecule has 6 N–H and O–H groups in total. The number of anilines is 2. The number of hydrogen-bond donors (Lipinski definition) is 4. The summed E-state index contributed by atoms with van der Waals surface area (Å²) in [5.41, 5.74) is 12.3. The molecule has 22 heavy (non-hydrogen) atoms. The number of nitrogens with two attached hydrogens (primary N) is 2. The first-order valence-electron chi connectivity index (χ1n) is 6.73. The van der Waals surface area contributed by atoms with Crippen molar-refractivity contribution in [1.29, 1.82) is 0 Å². The van der Waals surface area contributed by atoms with Crippen LogP contribution in [-0.2, 0) is 4.74 Å². The molecule has 1 aliphatic rings. The van der Waals surface area contributed by atoms with E-state index < -0.39 is 18.4 Å². The maximum atomic E-state index is 9.88. The lowest BCUT2D eigenvalue weighted by atomic mass is 10.2. The van der Waals surface area contributed by atoms with Crippen LogP contribution in [0.4, 0.5) is 11.8 Å². The summed E-state index contributed by atoms with van der Waals surface area (Å²) in [5, 5.41) is 23.9. The van der Waals surface area contributed by atoms with Crippen LogP contribution in [0.3, 0.4) is 0 Å². The summed E-state index contributed by atoms with van der Waals surface area (Å²) in [5.74, 6) is 5.79. The van der Waals surface area contributed by atoms with Gasteiger partial charge in [0.1, 0.15) is 17.6 Å². The predicted molar refractivity (Wildman–Crippen MR) is 78.3 cm³/mol.